The molecule has 0 radical (unpaired) electrons. The van der Waals surface area contributed by atoms with Crippen LogP contribution in [0.3, 0.4) is 0 Å². The summed E-state index contributed by atoms with van der Waals surface area (Å²) in [4.78, 5) is 26.6. The minimum Gasteiger partial charge on any atom is -0.342 e. The number of carbonyl (C=O) groups is 2. The minimum atomic E-state index is -0.555. The first-order valence-electron chi connectivity index (χ1n) is 7.24. The predicted molar refractivity (Wildman–Crippen MR) is 81.2 cm³/mol. The standard InChI is InChI=1S/C17H20N2O2/c1-3-5-9-12-19-15(13-10-7-6-8-11-13)16(20)18-14(4-2)17(19)21/h6-8,10-11,14-15H,4,9,12H2,1-2H3,(H,18,20). The molecule has 0 bridgehead atoms. The zero-order valence-electron chi connectivity index (χ0n) is 12.4. The van der Waals surface area contributed by atoms with E-state index in [1.54, 1.807) is 11.8 Å². The van der Waals surface area contributed by atoms with E-state index in [0.717, 1.165) is 5.56 Å². The van der Waals surface area contributed by atoms with Crippen molar-refractivity contribution in [2.45, 2.75) is 38.8 Å². The summed E-state index contributed by atoms with van der Waals surface area (Å²) in [5.74, 6) is 5.65. The molecule has 2 amide bonds. The molecule has 1 aromatic carbocycles. The summed E-state index contributed by atoms with van der Waals surface area (Å²) in [5.41, 5.74) is 0.836. The van der Waals surface area contributed by atoms with Crippen LogP contribution in [0, 0.1) is 11.8 Å². The fourth-order valence-corrected chi connectivity index (χ4v) is 2.57. The fourth-order valence-electron chi connectivity index (χ4n) is 2.57. The van der Waals surface area contributed by atoms with Gasteiger partial charge in [-0.2, -0.15) is 0 Å². The molecule has 2 rings (SSSR count). The topological polar surface area (TPSA) is 49.4 Å². The van der Waals surface area contributed by atoms with Gasteiger partial charge in [-0.1, -0.05) is 37.3 Å². The molecule has 1 N–H and O–H groups in total. The number of rotatable bonds is 4. The van der Waals surface area contributed by atoms with Gasteiger partial charge in [-0.25, -0.2) is 0 Å². The first-order valence-corrected chi connectivity index (χ1v) is 7.24. The number of amides is 2. The molecule has 0 aromatic heterocycles. The molecule has 110 valence electrons. The number of hydrogen-bond acceptors (Lipinski definition) is 2. The van der Waals surface area contributed by atoms with E-state index in [1.165, 1.54) is 0 Å². The Labute approximate surface area is 125 Å². The second-order valence-corrected chi connectivity index (χ2v) is 4.99. The third-order valence-corrected chi connectivity index (χ3v) is 3.64. The summed E-state index contributed by atoms with van der Waals surface area (Å²) < 4.78 is 0. The maximum absolute atomic E-state index is 12.5. The summed E-state index contributed by atoms with van der Waals surface area (Å²) in [5, 5.41) is 2.82. The first kappa shape index (κ1) is 15.1. The third-order valence-electron chi connectivity index (χ3n) is 3.64. The van der Waals surface area contributed by atoms with Crippen molar-refractivity contribution < 1.29 is 9.59 Å². The molecule has 1 fully saturated rings. The second-order valence-electron chi connectivity index (χ2n) is 4.99. The molecular formula is C17H20N2O2. The Hall–Kier alpha value is -2.28. The molecule has 0 saturated carbocycles. The smallest absolute Gasteiger partial charge is 0.248 e. The maximum atomic E-state index is 12.5. The van der Waals surface area contributed by atoms with Crippen molar-refractivity contribution >= 4 is 11.8 Å². The van der Waals surface area contributed by atoms with Gasteiger partial charge in [0.2, 0.25) is 11.8 Å². The van der Waals surface area contributed by atoms with Gasteiger partial charge in [-0.15, -0.1) is 11.8 Å². The van der Waals surface area contributed by atoms with E-state index >= 15 is 0 Å². The lowest BCUT2D eigenvalue weighted by atomic mass is 9.98. The van der Waals surface area contributed by atoms with E-state index in [1.807, 2.05) is 37.3 Å². The van der Waals surface area contributed by atoms with Crippen LogP contribution < -0.4 is 5.32 Å². The van der Waals surface area contributed by atoms with Gasteiger partial charge in [-0.3, -0.25) is 9.59 Å². The Bertz CT molecular complexity index is 571. The summed E-state index contributed by atoms with van der Waals surface area (Å²) in [7, 11) is 0. The Balaban J connectivity index is 2.31. The van der Waals surface area contributed by atoms with Gasteiger partial charge in [-0.05, 0) is 18.9 Å². The van der Waals surface area contributed by atoms with Crippen LogP contribution in [-0.2, 0) is 9.59 Å². The van der Waals surface area contributed by atoms with Gasteiger partial charge in [0.25, 0.3) is 0 Å². The molecule has 1 saturated heterocycles. The van der Waals surface area contributed by atoms with Crippen molar-refractivity contribution in [3.8, 4) is 11.8 Å². The molecule has 1 aliphatic rings. The van der Waals surface area contributed by atoms with E-state index in [0.29, 0.717) is 19.4 Å². The van der Waals surface area contributed by atoms with Gasteiger partial charge in [0.1, 0.15) is 12.1 Å². The Kier molecular flexibility index (Phi) is 4.99. The first-order chi connectivity index (χ1) is 10.2. The highest BCUT2D eigenvalue weighted by atomic mass is 16.2. The van der Waals surface area contributed by atoms with Crippen molar-refractivity contribution in [2.24, 2.45) is 0 Å². The van der Waals surface area contributed by atoms with Crippen LogP contribution in [0.15, 0.2) is 30.3 Å². The SMILES string of the molecule is CC#CCCN1C(=O)C(CC)NC(=O)C1c1ccccc1. The zero-order valence-corrected chi connectivity index (χ0v) is 12.4. The maximum Gasteiger partial charge on any atom is 0.248 e. The molecule has 1 aromatic rings. The van der Waals surface area contributed by atoms with E-state index in [2.05, 4.69) is 17.2 Å². The van der Waals surface area contributed by atoms with Crippen molar-refractivity contribution in [3.05, 3.63) is 35.9 Å². The Morgan fingerprint density at radius 2 is 1.95 bits per heavy atom. The molecule has 0 spiro atoms. The van der Waals surface area contributed by atoms with Gasteiger partial charge >= 0.3 is 0 Å². The molecule has 2 unspecified atom stereocenters. The van der Waals surface area contributed by atoms with Crippen molar-refractivity contribution in [1.29, 1.82) is 0 Å². The molecule has 4 heteroatoms. The van der Waals surface area contributed by atoms with Crippen LogP contribution in [0.2, 0.25) is 0 Å². The van der Waals surface area contributed by atoms with Crippen LogP contribution in [0.25, 0.3) is 0 Å². The summed E-state index contributed by atoms with van der Waals surface area (Å²) >= 11 is 0. The molecule has 0 aliphatic carbocycles. The lowest BCUT2D eigenvalue weighted by molar-refractivity contribution is -0.149. The lowest BCUT2D eigenvalue weighted by Crippen LogP contribution is -2.59. The normalized spacial score (nSPS) is 21.5. The molecule has 2 atom stereocenters. The van der Waals surface area contributed by atoms with E-state index in [-0.39, 0.29) is 11.8 Å². The molecule has 21 heavy (non-hydrogen) atoms. The predicted octanol–water partition coefficient (Wildman–Crippen LogP) is 1.88. The van der Waals surface area contributed by atoms with Crippen LogP contribution in [0.4, 0.5) is 0 Å². The van der Waals surface area contributed by atoms with E-state index in [4.69, 9.17) is 0 Å². The van der Waals surface area contributed by atoms with Gasteiger partial charge in [0, 0.05) is 13.0 Å². The number of benzene rings is 1. The molecular weight excluding hydrogens is 264 g/mol. The van der Waals surface area contributed by atoms with E-state index in [9.17, 15) is 9.59 Å². The van der Waals surface area contributed by atoms with Crippen molar-refractivity contribution in [3.63, 3.8) is 0 Å². The van der Waals surface area contributed by atoms with Crippen LogP contribution >= 0.6 is 0 Å². The monoisotopic (exact) mass is 284 g/mol. The van der Waals surface area contributed by atoms with Crippen LogP contribution in [0.5, 0.6) is 0 Å². The zero-order chi connectivity index (χ0) is 15.2. The number of nitrogens with zero attached hydrogens (tertiary/aromatic N) is 1. The highest BCUT2D eigenvalue weighted by molar-refractivity contribution is 5.97. The lowest BCUT2D eigenvalue weighted by Gasteiger charge is -2.38. The Morgan fingerprint density at radius 3 is 2.57 bits per heavy atom. The second kappa shape index (κ2) is 6.94. The number of hydrogen-bond donors (Lipinski definition) is 1. The number of piperazine rings is 1. The van der Waals surface area contributed by atoms with Crippen molar-refractivity contribution in [1.82, 2.24) is 10.2 Å². The highest BCUT2D eigenvalue weighted by Crippen LogP contribution is 2.26. The number of carbonyl (C=O) groups excluding carboxylic acids is 2. The largest absolute Gasteiger partial charge is 0.342 e. The third kappa shape index (κ3) is 3.25. The molecule has 4 nitrogen and oxygen atoms in total. The molecule has 1 aliphatic heterocycles. The van der Waals surface area contributed by atoms with Gasteiger partial charge in [0.15, 0.2) is 0 Å². The minimum absolute atomic E-state index is 0.0242. The number of nitrogens with one attached hydrogen (secondary N) is 1. The average Bonchev–Trinajstić information content (AvgIpc) is 2.51. The Morgan fingerprint density at radius 1 is 1.24 bits per heavy atom. The fraction of sp³-hybridized carbons (Fsp3) is 0.412. The quantitative estimate of drug-likeness (QED) is 0.858. The van der Waals surface area contributed by atoms with Crippen LogP contribution in [0.1, 0.15) is 38.3 Å². The summed E-state index contributed by atoms with van der Waals surface area (Å²) in [6, 6.07) is 8.43. The van der Waals surface area contributed by atoms with Gasteiger partial charge in [0.05, 0.1) is 0 Å². The summed E-state index contributed by atoms with van der Waals surface area (Å²) in [6.07, 6.45) is 1.18. The van der Waals surface area contributed by atoms with Crippen LogP contribution in [-0.4, -0.2) is 29.3 Å². The molecule has 1 heterocycles. The van der Waals surface area contributed by atoms with Gasteiger partial charge < -0.3 is 10.2 Å². The highest BCUT2D eigenvalue weighted by Gasteiger charge is 2.40. The van der Waals surface area contributed by atoms with Crippen molar-refractivity contribution in [2.75, 3.05) is 6.54 Å². The van der Waals surface area contributed by atoms with E-state index < -0.39 is 12.1 Å². The summed E-state index contributed by atoms with van der Waals surface area (Å²) in [6.45, 7) is 4.15. The average molecular weight is 284 g/mol.